The predicted octanol–water partition coefficient (Wildman–Crippen LogP) is 0.0732. The summed E-state index contributed by atoms with van der Waals surface area (Å²) in [4.78, 5) is 15.1. The maximum Gasteiger partial charge on any atom is 0.244 e. The average Bonchev–Trinajstić information content (AvgIpc) is 2.58. The van der Waals surface area contributed by atoms with Crippen molar-refractivity contribution in [1.82, 2.24) is 9.78 Å². The van der Waals surface area contributed by atoms with E-state index in [0.29, 0.717) is 16.1 Å². The van der Waals surface area contributed by atoms with Crippen molar-refractivity contribution in [1.29, 1.82) is 0 Å². The first-order valence-corrected chi connectivity index (χ1v) is 5.19. The minimum Gasteiger partial charge on any atom is -0.292 e. The Balaban J connectivity index is 2.81. The number of para-hydroxylation sites is 1. The summed E-state index contributed by atoms with van der Waals surface area (Å²) < 4.78 is 1.70. The molecule has 0 aliphatic heterocycles. The van der Waals surface area contributed by atoms with E-state index in [1.54, 1.807) is 4.68 Å². The molecule has 4 heteroatoms. The smallest absolute Gasteiger partial charge is 0.244 e. The number of hydrogen-bond acceptors (Lipinski definition) is 1. The lowest BCUT2D eigenvalue weighted by atomic mass is 10.3. The van der Waals surface area contributed by atoms with E-state index < -0.39 is 0 Å². The van der Waals surface area contributed by atoms with Crippen molar-refractivity contribution < 1.29 is 4.79 Å². The largest absolute Gasteiger partial charge is 0.292 e. The van der Waals surface area contributed by atoms with Crippen LogP contribution >= 0.6 is 0 Å². The van der Waals surface area contributed by atoms with Crippen molar-refractivity contribution in [2.75, 3.05) is 0 Å². The number of carbonyl (C=O) groups excluding carboxylic acids is 1. The summed E-state index contributed by atoms with van der Waals surface area (Å²) in [5, 5.41) is 4.31. The maximum absolute atomic E-state index is 11.1. The standard InChI is InChI=1S/C13H13N3O/c1-9-10(2)15-16(13(9)14-11(3)17)12-7-5-4-6-8-12/h4-8,15H,1-2H2,3H3. The molecule has 17 heavy (non-hydrogen) atoms. The number of amides is 1. The lowest BCUT2D eigenvalue weighted by Crippen LogP contribution is -2.34. The van der Waals surface area contributed by atoms with E-state index in [4.69, 9.17) is 0 Å². The zero-order chi connectivity index (χ0) is 12.4. The number of benzene rings is 1. The van der Waals surface area contributed by atoms with Crippen LogP contribution in [0.1, 0.15) is 6.92 Å². The van der Waals surface area contributed by atoms with Gasteiger partial charge in [-0.15, -0.1) is 0 Å². The van der Waals surface area contributed by atoms with Crippen LogP contribution in [0.3, 0.4) is 0 Å². The van der Waals surface area contributed by atoms with Gasteiger partial charge in [-0.05, 0) is 12.1 Å². The van der Waals surface area contributed by atoms with Crippen LogP contribution in [0.2, 0.25) is 0 Å². The van der Waals surface area contributed by atoms with Gasteiger partial charge in [0.2, 0.25) is 5.91 Å². The molecule has 0 radical (unpaired) electrons. The molecule has 0 fully saturated rings. The van der Waals surface area contributed by atoms with E-state index in [1.165, 1.54) is 6.92 Å². The highest BCUT2D eigenvalue weighted by Gasteiger charge is 2.01. The van der Waals surface area contributed by atoms with Crippen LogP contribution in [0, 0.1) is 0 Å². The zero-order valence-electron chi connectivity index (χ0n) is 9.60. The third-order valence-corrected chi connectivity index (χ3v) is 2.37. The second kappa shape index (κ2) is 4.25. The van der Waals surface area contributed by atoms with Gasteiger partial charge in [0.25, 0.3) is 0 Å². The van der Waals surface area contributed by atoms with Crippen LogP contribution < -0.4 is 16.1 Å². The second-order valence-corrected chi connectivity index (χ2v) is 3.69. The predicted molar refractivity (Wildman–Crippen MR) is 66.7 cm³/mol. The molecule has 1 amide bonds. The molecule has 0 atom stereocenters. The quantitative estimate of drug-likeness (QED) is 0.736. The minimum absolute atomic E-state index is 0.265. The molecule has 1 aromatic carbocycles. The number of nitrogens with zero attached hydrogens (tertiary/aromatic N) is 2. The van der Waals surface area contributed by atoms with Crippen molar-refractivity contribution in [3.05, 3.63) is 46.4 Å². The monoisotopic (exact) mass is 227 g/mol. The Morgan fingerprint density at radius 1 is 1.29 bits per heavy atom. The number of aromatic amines is 1. The van der Waals surface area contributed by atoms with Crippen molar-refractivity contribution >= 4 is 19.1 Å². The van der Waals surface area contributed by atoms with Crippen LogP contribution in [0.15, 0.2) is 35.3 Å². The molecule has 0 spiro atoms. The van der Waals surface area contributed by atoms with Gasteiger partial charge in [-0.1, -0.05) is 31.4 Å². The number of rotatable bonds is 1. The minimum atomic E-state index is -0.265. The Morgan fingerprint density at radius 3 is 2.53 bits per heavy atom. The van der Waals surface area contributed by atoms with Crippen LogP contribution in [-0.2, 0) is 4.79 Å². The van der Waals surface area contributed by atoms with Crippen LogP contribution in [0.5, 0.6) is 0 Å². The van der Waals surface area contributed by atoms with E-state index in [1.807, 2.05) is 30.3 Å². The SMILES string of the molecule is C=c1[nH]n(-c2ccccc2)c(=NC(C)=O)c1=C. The topological polar surface area (TPSA) is 50.1 Å². The van der Waals surface area contributed by atoms with Gasteiger partial charge in [-0.2, -0.15) is 4.99 Å². The molecule has 0 bridgehead atoms. The van der Waals surface area contributed by atoms with E-state index in [2.05, 4.69) is 23.2 Å². The summed E-state index contributed by atoms with van der Waals surface area (Å²) in [5.74, 6) is -0.265. The zero-order valence-corrected chi connectivity index (χ0v) is 9.60. The first kappa shape index (κ1) is 11.1. The molecule has 2 aromatic rings. The fourth-order valence-electron chi connectivity index (χ4n) is 1.56. The highest BCUT2D eigenvalue weighted by molar-refractivity contribution is 5.73. The molecule has 4 nitrogen and oxygen atoms in total. The van der Waals surface area contributed by atoms with Gasteiger partial charge in [0.15, 0.2) is 5.49 Å². The molecular formula is C13H13N3O. The lowest BCUT2D eigenvalue weighted by Gasteiger charge is -2.01. The summed E-state index contributed by atoms with van der Waals surface area (Å²) in [7, 11) is 0. The van der Waals surface area contributed by atoms with E-state index in [9.17, 15) is 4.79 Å². The first-order valence-electron chi connectivity index (χ1n) is 5.19. The van der Waals surface area contributed by atoms with Crippen LogP contribution in [0.4, 0.5) is 0 Å². The third kappa shape index (κ3) is 2.10. The third-order valence-electron chi connectivity index (χ3n) is 2.37. The summed E-state index contributed by atoms with van der Waals surface area (Å²) in [5.41, 5.74) is 1.38. The number of nitrogens with one attached hydrogen (secondary N) is 1. The highest BCUT2D eigenvalue weighted by atomic mass is 16.1. The van der Waals surface area contributed by atoms with Gasteiger partial charge >= 0.3 is 0 Å². The van der Waals surface area contributed by atoms with Gasteiger partial charge in [-0.25, -0.2) is 4.68 Å². The molecule has 0 aliphatic carbocycles. The normalized spacial score (nSPS) is 11.7. The molecule has 0 unspecified atom stereocenters. The van der Waals surface area contributed by atoms with Crippen molar-refractivity contribution in [2.45, 2.75) is 6.92 Å². The molecular weight excluding hydrogens is 214 g/mol. The summed E-state index contributed by atoms with van der Waals surface area (Å²) in [6.07, 6.45) is 0. The highest BCUT2D eigenvalue weighted by Crippen LogP contribution is 1.99. The number of carbonyl (C=O) groups is 1. The van der Waals surface area contributed by atoms with Gasteiger partial charge in [0.1, 0.15) is 0 Å². The van der Waals surface area contributed by atoms with Gasteiger partial charge < -0.3 is 0 Å². The van der Waals surface area contributed by atoms with Crippen molar-refractivity contribution in [3.63, 3.8) is 0 Å². The summed E-state index contributed by atoms with van der Waals surface area (Å²) in [6.45, 7) is 9.09. The van der Waals surface area contributed by atoms with E-state index in [-0.39, 0.29) is 5.91 Å². The fourth-order valence-corrected chi connectivity index (χ4v) is 1.56. The van der Waals surface area contributed by atoms with Gasteiger partial charge in [-0.3, -0.25) is 9.89 Å². The van der Waals surface area contributed by atoms with E-state index in [0.717, 1.165) is 5.69 Å². The molecule has 86 valence electrons. The molecule has 0 aliphatic rings. The number of aromatic nitrogens is 2. The molecule has 2 rings (SSSR count). The fraction of sp³-hybridized carbons (Fsp3) is 0.0769. The van der Waals surface area contributed by atoms with Crippen molar-refractivity contribution in [2.24, 2.45) is 4.99 Å². The number of H-pyrrole nitrogens is 1. The molecule has 1 heterocycles. The molecule has 0 saturated heterocycles. The Hall–Kier alpha value is -2.36. The Bertz CT molecular complexity index is 707. The van der Waals surface area contributed by atoms with Gasteiger partial charge in [0, 0.05) is 12.1 Å². The second-order valence-electron chi connectivity index (χ2n) is 3.69. The molecule has 0 saturated carbocycles. The van der Waals surface area contributed by atoms with Crippen LogP contribution in [0.25, 0.3) is 18.8 Å². The maximum atomic E-state index is 11.1. The summed E-state index contributed by atoms with van der Waals surface area (Å²) in [6, 6.07) is 9.56. The lowest BCUT2D eigenvalue weighted by molar-refractivity contribution is -0.116. The van der Waals surface area contributed by atoms with E-state index >= 15 is 0 Å². The summed E-state index contributed by atoms with van der Waals surface area (Å²) >= 11 is 0. The average molecular weight is 227 g/mol. The Morgan fingerprint density at radius 2 is 1.94 bits per heavy atom. The Kier molecular flexibility index (Phi) is 2.78. The Labute approximate surface area is 98.2 Å². The van der Waals surface area contributed by atoms with Crippen LogP contribution in [-0.4, -0.2) is 15.7 Å². The molecule has 1 aromatic heterocycles. The van der Waals surface area contributed by atoms with Crippen molar-refractivity contribution in [3.8, 4) is 5.69 Å². The number of hydrogen-bond donors (Lipinski definition) is 1. The molecule has 1 N–H and O–H groups in total. The van der Waals surface area contributed by atoms with Gasteiger partial charge in [0.05, 0.1) is 11.0 Å². The first-order chi connectivity index (χ1) is 8.09.